The lowest BCUT2D eigenvalue weighted by molar-refractivity contribution is 0.587. The first-order chi connectivity index (χ1) is 15.1. The van der Waals surface area contributed by atoms with Crippen LogP contribution in [-0.4, -0.2) is 0 Å². The summed E-state index contributed by atoms with van der Waals surface area (Å²) in [5, 5.41) is 11.7. The van der Waals surface area contributed by atoms with Crippen LogP contribution < -0.4 is 21.2 Å². The maximum atomic E-state index is 14.3. The fourth-order valence-corrected chi connectivity index (χ4v) is 5.61. The van der Waals surface area contributed by atoms with Crippen molar-refractivity contribution in [3.63, 3.8) is 0 Å². The van der Waals surface area contributed by atoms with Crippen LogP contribution in [0.2, 0.25) is 0 Å². The summed E-state index contributed by atoms with van der Waals surface area (Å²) in [5.74, 6) is 0. The molecule has 0 heterocycles. The van der Waals surface area contributed by atoms with Crippen LogP contribution in [0.15, 0.2) is 109 Å². The summed E-state index contributed by atoms with van der Waals surface area (Å²) in [6.07, 6.45) is 0. The number of fused-ring (bicyclic) bond motifs is 2. The van der Waals surface area contributed by atoms with Gasteiger partial charge in [0.05, 0.1) is 5.30 Å². The van der Waals surface area contributed by atoms with E-state index in [4.69, 9.17) is 5.73 Å². The number of benzene rings is 5. The van der Waals surface area contributed by atoms with E-state index in [1.807, 2.05) is 72.8 Å². The molecule has 152 valence electrons. The summed E-state index contributed by atoms with van der Waals surface area (Å²) in [5.41, 5.74) is 8.07. The summed E-state index contributed by atoms with van der Waals surface area (Å²) in [6.45, 7) is 0. The summed E-state index contributed by atoms with van der Waals surface area (Å²) in [6, 6.07) is 35.4. The summed E-state index contributed by atoms with van der Waals surface area (Å²) in [7, 11) is -3.25. The van der Waals surface area contributed by atoms with E-state index in [1.165, 1.54) is 0 Å². The SMILES string of the molecule is Nc1ccc(P(=O)(Nc2ccc3ccccc3c2)Nc2ccc3ccccc3c2)cc1. The van der Waals surface area contributed by atoms with Crippen molar-refractivity contribution in [2.75, 3.05) is 15.9 Å². The van der Waals surface area contributed by atoms with Crippen molar-refractivity contribution >= 4 is 51.4 Å². The molecule has 0 atom stereocenters. The molecule has 0 aromatic heterocycles. The van der Waals surface area contributed by atoms with Gasteiger partial charge in [-0.3, -0.25) is 4.57 Å². The first-order valence-electron chi connectivity index (χ1n) is 10.1. The van der Waals surface area contributed by atoms with Crippen molar-refractivity contribution in [2.45, 2.75) is 0 Å². The second-order valence-electron chi connectivity index (χ2n) is 7.55. The van der Waals surface area contributed by atoms with Crippen LogP contribution >= 0.6 is 7.44 Å². The average Bonchev–Trinajstić information content (AvgIpc) is 2.79. The van der Waals surface area contributed by atoms with Gasteiger partial charge in [0.1, 0.15) is 0 Å². The highest BCUT2D eigenvalue weighted by molar-refractivity contribution is 7.74. The van der Waals surface area contributed by atoms with Crippen molar-refractivity contribution in [3.8, 4) is 0 Å². The van der Waals surface area contributed by atoms with E-state index in [0.717, 1.165) is 32.9 Å². The Bertz CT molecular complexity index is 1340. The zero-order valence-corrected chi connectivity index (χ0v) is 17.7. The van der Waals surface area contributed by atoms with Crippen LogP contribution in [0, 0.1) is 0 Å². The topological polar surface area (TPSA) is 67.2 Å². The first kappa shape index (κ1) is 19.2. The molecule has 0 fully saturated rings. The van der Waals surface area contributed by atoms with Crippen LogP contribution in [0.4, 0.5) is 17.1 Å². The number of nitrogens with one attached hydrogen (secondary N) is 2. The molecule has 0 bridgehead atoms. The van der Waals surface area contributed by atoms with Crippen molar-refractivity contribution in [1.82, 2.24) is 0 Å². The van der Waals surface area contributed by atoms with E-state index >= 15 is 0 Å². The van der Waals surface area contributed by atoms with Gasteiger partial charge in [0, 0.05) is 17.1 Å². The first-order valence-corrected chi connectivity index (χ1v) is 11.8. The molecule has 0 aliphatic carbocycles. The molecule has 5 rings (SSSR count). The van der Waals surface area contributed by atoms with Crippen LogP contribution in [0.25, 0.3) is 21.5 Å². The average molecular weight is 423 g/mol. The minimum absolute atomic E-state index is 0.631. The van der Waals surface area contributed by atoms with Crippen molar-refractivity contribution in [3.05, 3.63) is 109 Å². The zero-order valence-electron chi connectivity index (χ0n) is 16.8. The van der Waals surface area contributed by atoms with Crippen LogP contribution in [0.1, 0.15) is 0 Å². The van der Waals surface area contributed by atoms with E-state index in [9.17, 15) is 4.57 Å². The maximum Gasteiger partial charge on any atom is 0.287 e. The molecule has 5 aromatic carbocycles. The Balaban J connectivity index is 1.56. The third-order valence-corrected chi connectivity index (χ3v) is 7.50. The number of hydrogen-bond donors (Lipinski definition) is 3. The maximum absolute atomic E-state index is 14.3. The highest BCUT2D eigenvalue weighted by atomic mass is 31.2. The third kappa shape index (κ3) is 3.98. The normalized spacial score (nSPS) is 11.5. The minimum Gasteiger partial charge on any atom is -0.399 e. The molecule has 0 saturated heterocycles. The highest BCUT2D eigenvalue weighted by Crippen LogP contribution is 2.45. The molecule has 4 N–H and O–H groups in total. The monoisotopic (exact) mass is 423 g/mol. The lowest BCUT2D eigenvalue weighted by Crippen LogP contribution is -2.18. The van der Waals surface area contributed by atoms with Crippen molar-refractivity contribution in [1.29, 1.82) is 0 Å². The van der Waals surface area contributed by atoms with Gasteiger partial charge < -0.3 is 15.9 Å². The number of nitrogens with two attached hydrogens (primary N) is 1. The molecule has 0 aliphatic rings. The van der Waals surface area contributed by atoms with Gasteiger partial charge in [0.15, 0.2) is 0 Å². The molecule has 4 nitrogen and oxygen atoms in total. The molecular formula is C26H22N3OP. The molecule has 5 aromatic rings. The van der Waals surface area contributed by atoms with Crippen LogP contribution in [0.3, 0.4) is 0 Å². The fraction of sp³-hybridized carbons (Fsp3) is 0. The Morgan fingerprint density at radius 3 is 1.48 bits per heavy atom. The molecule has 0 spiro atoms. The van der Waals surface area contributed by atoms with Gasteiger partial charge in [-0.05, 0) is 70.1 Å². The van der Waals surface area contributed by atoms with Gasteiger partial charge in [-0.25, -0.2) is 0 Å². The van der Waals surface area contributed by atoms with Crippen LogP contribution in [-0.2, 0) is 4.57 Å². The van der Waals surface area contributed by atoms with Crippen molar-refractivity contribution < 1.29 is 4.57 Å². The summed E-state index contributed by atoms with van der Waals surface area (Å²) >= 11 is 0. The second kappa shape index (κ2) is 7.82. The van der Waals surface area contributed by atoms with E-state index in [2.05, 4.69) is 22.3 Å². The predicted octanol–water partition coefficient (Wildman–Crippen LogP) is 6.62. The van der Waals surface area contributed by atoms with E-state index in [1.54, 1.807) is 24.3 Å². The Morgan fingerprint density at radius 1 is 0.548 bits per heavy atom. The number of hydrogen-bond acceptors (Lipinski definition) is 2. The van der Waals surface area contributed by atoms with Crippen molar-refractivity contribution in [2.24, 2.45) is 0 Å². The quantitative estimate of drug-likeness (QED) is 0.220. The minimum atomic E-state index is -3.25. The highest BCUT2D eigenvalue weighted by Gasteiger charge is 2.25. The second-order valence-corrected chi connectivity index (χ2v) is 9.73. The van der Waals surface area contributed by atoms with Crippen LogP contribution in [0.5, 0.6) is 0 Å². The molecule has 0 unspecified atom stereocenters. The van der Waals surface area contributed by atoms with E-state index < -0.39 is 7.44 Å². The van der Waals surface area contributed by atoms with Gasteiger partial charge in [0.25, 0.3) is 7.44 Å². The molecule has 0 aliphatic heterocycles. The smallest absolute Gasteiger partial charge is 0.287 e. The largest absolute Gasteiger partial charge is 0.399 e. The molecule has 5 heteroatoms. The molecule has 0 amide bonds. The Morgan fingerprint density at radius 2 is 1.00 bits per heavy atom. The lowest BCUT2D eigenvalue weighted by Gasteiger charge is -2.23. The van der Waals surface area contributed by atoms with E-state index in [-0.39, 0.29) is 0 Å². The molecule has 0 radical (unpaired) electrons. The molecular weight excluding hydrogens is 401 g/mol. The molecule has 31 heavy (non-hydrogen) atoms. The van der Waals surface area contributed by atoms with Gasteiger partial charge >= 0.3 is 0 Å². The number of nitrogen functional groups attached to an aromatic ring is 1. The third-order valence-electron chi connectivity index (χ3n) is 5.33. The van der Waals surface area contributed by atoms with Gasteiger partial charge in [-0.1, -0.05) is 60.7 Å². The fourth-order valence-electron chi connectivity index (χ4n) is 3.72. The molecule has 0 saturated carbocycles. The summed E-state index contributed by atoms with van der Waals surface area (Å²) < 4.78 is 14.3. The predicted molar refractivity (Wildman–Crippen MR) is 133 cm³/mol. The zero-order chi connectivity index (χ0) is 21.3. The van der Waals surface area contributed by atoms with E-state index in [0.29, 0.717) is 11.0 Å². The van der Waals surface area contributed by atoms with Gasteiger partial charge in [-0.15, -0.1) is 0 Å². The summed E-state index contributed by atoms with van der Waals surface area (Å²) in [4.78, 5) is 0. The standard InChI is InChI=1S/C26H22N3OP/c27-23-11-15-26(16-12-23)31(30,28-24-13-9-19-5-1-3-7-21(19)17-24)29-25-14-10-20-6-2-4-8-22(20)18-25/h1-18H,27H2,(H2,28,29,30). The lowest BCUT2D eigenvalue weighted by atomic mass is 10.1. The Labute approximate surface area is 181 Å². The van der Waals surface area contributed by atoms with Gasteiger partial charge in [-0.2, -0.15) is 0 Å². The number of rotatable bonds is 5. The number of anilines is 3. The van der Waals surface area contributed by atoms with Gasteiger partial charge in [0.2, 0.25) is 0 Å². The Hall–Kier alpha value is -3.75. The Kier molecular flexibility index (Phi) is 4.85.